The van der Waals surface area contributed by atoms with E-state index in [2.05, 4.69) is 20.9 Å². The third-order valence-electron chi connectivity index (χ3n) is 5.11. The van der Waals surface area contributed by atoms with Crippen molar-refractivity contribution in [1.29, 1.82) is 0 Å². The molecule has 1 fully saturated rings. The summed E-state index contributed by atoms with van der Waals surface area (Å²) in [4.78, 5) is 24.9. The highest BCUT2D eigenvalue weighted by molar-refractivity contribution is 6.32. The summed E-state index contributed by atoms with van der Waals surface area (Å²) in [6.45, 7) is 2.23. The van der Waals surface area contributed by atoms with E-state index in [9.17, 15) is 9.59 Å². The van der Waals surface area contributed by atoms with Gasteiger partial charge in [0.2, 0.25) is 5.91 Å². The number of carbonyl (C=O) groups is 2. The van der Waals surface area contributed by atoms with Crippen molar-refractivity contribution in [1.82, 2.24) is 20.5 Å². The molecule has 2 atom stereocenters. The van der Waals surface area contributed by atoms with E-state index >= 15 is 0 Å². The molecule has 0 saturated carbocycles. The number of nitrogens with zero attached hydrogens (tertiary/aromatic N) is 3. The number of carbonyl (C=O) groups excluding carboxylic acids is 2. The van der Waals surface area contributed by atoms with E-state index in [0.29, 0.717) is 23.0 Å². The van der Waals surface area contributed by atoms with Crippen molar-refractivity contribution < 1.29 is 9.59 Å². The molecule has 3 aromatic rings. The first-order chi connectivity index (χ1) is 14.6. The van der Waals surface area contributed by atoms with Crippen molar-refractivity contribution >= 4 is 29.6 Å². The number of halogens is 1. The summed E-state index contributed by atoms with van der Waals surface area (Å²) in [6.07, 6.45) is 1.45. The number of aromatic nitrogens is 2. The van der Waals surface area contributed by atoms with Gasteiger partial charge in [-0.3, -0.25) is 9.59 Å². The predicted octanol–water partition coefficient (Wildman–Crippen LogP) is 2.81. The number of nitrogens with one attached hydrogen (secondary N) is 2. The number of hydrogen-bond donors (Lipinski definition) is 2. The zero-order chi connectivity index (χ0) is 21.1. The van der Waals surface area contributed by atoms with E-state index in [1.165, 1.54) is 6.21 Å². The second-order valence-electron chi connectivity index (χ2n) is 7.01. The average molecular weight is 422 g/mol. The summed E-state index contributed by atoms with van der Waals surface area (Å²) in [5, 5.41) is 11.6. The maximum Gasteiger partial charge on any atom is 0.253 e. The molecule has 1 aromatic heterocycles. The van der Waals surface area contributed by atoms with Crippen LogP contribution in [0, 0.1) is 12.8 Å². The highest BCUT2D eigenvalue weighted by Gasteiger charge is 2.40. The molecule has 0 bridgehead atoms. The van der Waals surface area contributed by atoms with Crippen LogP contribution in [0.3, 0.4) is 0 Å². The van der Waals surface area contributed by atoms with Gasteiger partial charge in [0.1, 0.15) is 11.1 Å². The summed E-state index contributed by atoms with van der Waals surface area (Å²) < 4.78 is 1.61. The lowest BCUT2D eigenvalue weighted by Crippen LogP contribution is -2.34. The Balaban J connectivity index is 1.50. The average Bonchev–Trinajstić information content (AvgIpc) is 3.29. The zero-order valence-corrected chi connectivity index (χ0v) is 17.0. The predicted molar refractivity (Wildman–Crippen MR) is 115 cm³/mol. The molecule has 1 saturated heterocycles. The van der Waals surface area contributed by atoms with Crippen LogP contribution in [0.2, 0.25) is 5.15 Å². The van der Waals surface area contributed by atoms with Crippen molar-refractivity contribution in [2.24, 2.45) is 11.0 Å². The minimum absolute atomic E-state index is 0.236. The number of benzene rings is 2. The van der Waals surface area contributed by atoms with E-state index in [4.69, 9.17) is 11.6 Å². The Kier molecular flexibility index (Phi) is 5.63. The lowest BCUT2D eigenvalue weighted by atomic mass is 9.88. The molecule has 0 radical (unpaired) electrons. The summed E-state index contributed by atoms with van der Waals surface area (Å²) >= 11 is 6.47. The van der Waals surface area contributed by atoms with Crippen molar-refractivity contribution in [2.75, 3.05) is 6.54 Å². The summed E-state index contributed by atoms with van der Waals surface area (Å²) in [7, 11) is 0. The van der Waals surface area contributed by atoms with Crippen LogP contribution in [0.25, 0.3) is 5.69 Å². The molecular weight excluding hydrogens is 402 g/mol. The van der Waals surface area contributed by atoms with E-state index in [1.54, 1.807) is 4.68 Å². The number of aryl methyl sites for hydroxylation is 1. The fourth-order valence-electron chi connectivity index (χ4n) is 3.56. The fraction of sp³-hybridized carbons (Fsp3) is 0.182. The van der Waals surface area contributed by atoms with Crippen LogP contribution in [0.4, 0.5) is 0 Å². The highest BCUT2D eigenvalue weighted by Crippen LogP contribution is 2.29. The van der Waals surface area contributed by atoms with Crippen molar-refractivity contribution in [3.05, 3.63) is 82.6 Å². The number of para-hydroxylation sites is 1. The normalized spacial score (nSPS) is 18.5. The van der Waals surface area contributed by atoms with Gasteiger partial charge >= 0.3 is 0 Å². The van der Waals surface area contributed by atoms with Crippen molar-refractivity contribution in [2.45, 2.75) is 12.8 Å². The van der Waals surface area contributed by atoms with E-state index < -0.39 is 11.8 Å². The Morgan fingerprint density at radius 2 is 1.87 bits per heavy atom. The van der Waals surface area contributed by atoms with Gasteiger partial charge in [0.25, 0.3) is 5.91 Å². The van der Waals surface area contributed by atoms with Gasteiger partial charge in [-0.25, -0.2) is 10.1 Å². The van der Waals surface area contributed by atoms with E-state index in [1.807, 2.05) is 67.6 Å². The molecule has 1 aliphatic heterocycles. The van der Waals surface area contributed by atoms with Crippen LogP contribution in [-0.2, 0) is 9.59 Å². The highest BCUT2D eigenvalue weighted by atomic mass is 35.5. The maximum absolute atomic E-state index is 12.7. The number of hydrogen-bond acceptors (Lipinski definition) is 4. The first-order valence-corrected chi connectivity index (χ1v) is 9.90. The van der Waals surface area contributed by atoms with Crippen LogP contribution in [-0.4, -0.2) is 34.4 Å². The summed E-state index contributed by atoms with van der Waals surface area (Å²) in [6, 6.07) is 19.0. The van der Waals surface area contributed by atoms with Gasteiger partial charge in [0.15, 0.2) is 0 Å². The summed E-state index contributed by atoms with van der Waals surface area (Å²) in [5.74, 6) is -1.84. The molecule has 0 aliphatic carbocycles. The number of rotatable bonds is 5. The van der Waals surface area contributed by atoms with Crippen LogP contribution in [0.1, 0.15) is 22.7 Å². The fourth-order valence-corrected chi connectivity index (χ4v) is 3.88. The SMILES string of the molecule is Cc1nn(-c2ccccc2)c(Cl)c1C=NNC(=O)C1C(=O)NCC1c1ccccc1. The molecule has 8 heteroatoms. The Hall–Kier alpha value is -3.45. The minimum Gasteiger partial charge on any atom is -0.355 e. The molecule has 2 amide bonds. The second-order valence-corrected chi connectivity index (χ2v) is 7.37. The molecule has 2 aromatic carbocycles. The van der Waals surface area contributed by atoms with Gasteiger partial charge in [0.05, 0.1) is 23.2 Å². The standard InChI is InChI=1S/C22H20ClN5O2/c1-14-17(20(23)28(27-14)16-10-6-3-7-11-16)13-25-26-22(30)19-18(12-24-21(19)29)15-8-4-2-5-9-15/h2-11,13,18-19H,12H2,1H3,(H,24,29)(H,26,30). The Labute approximate surface area is 178 Å². The van der Waals surface area contributed by atoms with E-state index in [-0.39, 0.29) is 11.8 Å². The second kappa shape index (κ2) is 8.51. The molecule has 0 spiro atoms. The molecule has 1 aliphatic rings. The lowest BCUT2D eigenvalue weighted by molar-refractivity contribution is -0.133. The molecule has 2 N–H and O–H groups in total. The van der Waals surface area contributed by atoms with Gasteiger partial charge in [-0.2, -0.15) is 10.2 Å². The smallest absolute Gasteiger partial charge is 0.253 e. The first kappa shape index (κ1) is 19.8. The van der Waals surface area contributed by atoms with Crippen LogP contribution < -0.4 is 10.7 Å². The van der Waals surface area contributed by atoms with Crippen molar-refractivity contribution in [3.8, 4) is 5.69 Å². The third-order valence-corrected chi connectivity index (χ3v) is 5.47. The molecule has 2 heterocycles. The van der Waals surface area contributed by atoms with Gasteiger partial charge < -0.3 is 5.32 Å². The van der Waals surface area contributed by atoms with E-state index in [0.717, 1.165) is 11.3 Å². The molecule has 30 heavy (non-hydrogen) atoms. The molecule has 4 rings (SSSR count). The minimum atomic E-state index is -0.840. The maximum atomic E-state index is 12.7. The molecule has 152 valence electrons. The van der Waals surface area contributed by atoms with Crippen molar-refractivity contribution in [3.63, 3.8) is 0 Å². The monoisotopic (exact) mass is 421 g/mol. The zero-order valence-electron chi connectivity index (χ0n) is 16.2. The van der Waals surface area contributed by atoms with Gasteiger partial charge in [-0.15, -0.1) is 0 Å². The number of amides is 2. The van der Waals surface area contributed by atoms with Crippen LogP contribution in [0.15, 0.2) is 65.8 Å². The molecular formula is C22H20ClN5O2. The van der Waals surface area contributed by atoms with Crippen LogP contribution >= 0.6 is 11.6 Å². The Morgan fingerprint density at radius 1 is 1.20 bits per heavy atom. The number of hydrazone groups is 1. The van der Waals surface area contributed by atoms with Gasteiger partial charge in [-0.05, 0) is 24.6 Å². The topological polar surface area (TPSA) is 88.4 Å². The summed E-state index contributed by atoms with van der Waals surface area (Å²) in [5.41, 5.74) is 5.50. The van der Waals surface area contributed by atoms with Crippen LogP contribution in [0.5, 0.6) is 0 Å². The largest absolute Gasteiger partial charge is 0.355 e. The molecule has 2 unspecified atom stereocenters. The Bertz CT molecular complexity index is 1100. The first-order valence-electron chi connectivity index (χ1n) is 9.52. The van der Waals surface area contributed by atoms with Gasteiger partial charge in [-0.1, -0.05) is 60.1 Å². The lowest BCUT2D eigenvalue weighted by Gasteiger charge is -2.15. The third kappa shape index (κ3) is 3.84. The Morgan fingerprint density at radius 3 is 2.57 bits per heavy atom. The van der Waals surface area contributed by atoms with Gasteiger partial charge in [0, 0.05) is 12.5 Å². The molecule has 7 nitrogen and oxygen atoms in total. The quantitative estimate of drug-likeness (QED) is 0.377.